The van der Waals surface area contributed by atoms with Crippen molar-refractivity contribution >= 4 is 0 Å². The van der Waals surface area contributed by atoms with E-state index in [1.54, 1.807) is 12.1 Å². The summed E-state index contributed by atoms with van der Waals surface area (Å²) in [5, 5.41) is 10.2. The van der Waals surface area contributed by atoms with E-state index >= 15 is 4.39 Å². The molecule has 4 heteroatoms. The van der Waals surface area contributed by atoms with Gasteiger partial charge in [0.2, 0.25) is 0 Å². The Morgan fingerprint density at radius 2 is 0.846 bits per heavy atom. The lowest BCUT2D eigenvalue weighted by atomic mass is 9.94. The number of hydrogen-bond donors (Lipinski definition) is 0. The fourth-order valence-electron chi connectivity index (χ4n) is 4.71. The van der Waals surface area contributed by atoms with Crippen LogP contribution in [0.1, 0.15) is 5.56 Å². The van der Waals surface area contributed by atoms with Crippen molar-refractivity contribution in [1.82, 2.24) is 9.97 Å². The summed E-state index contributed by atoms with van der Waals surface area (Å²) in [6, 6.07) is 44.1. The third kappa shape index (κ3) is 4.70. The molecule has 6 rings (SSSR count). The average Bonchev–Trinajstić information content (AvgIpc) is 3.02. The third-order valence-electron chi connectivity index (χ3n) is 6.62. The zero-order valence-electron chi connectivity index (χ0n) is 20.9. The van der Waals surface area contributed by atoms with Gasteiger partial charge in [0.25, 0.3) is 0 Å². The maximum absolute atomic E-state index is 16.1. The molecule has 0 spiro atoms. The van der Waals surface area contributed by atoms with E-state index in [1.807, 2.05) is 121 Å². The quantitative estimate of drug-likeness (QED) is 0.236. The van der Waals surface area contributed by atoms with Gasteiger partial charge in [-0.1, -0.05) is 121 Å². The summed E-state index contributed by atoms with van der Waals surface area (Å²) in [6.07, 6.45) is 0. The van der Waals surface area contributed by atoms with Crippen LogP contribution in [0.3, 0.4) is 0 Å². The molecule has 0 aliphatic heterocycles. The van der Waals surface area contributed by atoms with Crippen molar-refractivity contribution in [2.24, 2.45) is 0 Å². The Labute approximate surface area is 226 Å². The van der Waals surface area contributed by atoms with Gasteiger partial charge in [-0.3, -0.25) is 0 Å². The average molecular weight is 504 g/mol. The molecule has 1 aromatic heterocycles. The van der Waals surface area contributed by atoms with Gasteiger partial charge in [-0.15, -0.1) is 0 Å². The van der Waals surface area contributed by atoms with Crippen LogP contribution in [-0.2, 0) is 0 Å². The smallest absolute Gasteiger partial charge is 0.160 e. The fourth-order valence-corrected chi connectivity index (χ4v) is 4.71. The van der Waals surface area contributed by atoms with Crippen molar-refractivity contribution in [1.29, 1.82) is 5.26 Å². The predicted octanol–water partition coefficient (Wildman–Crippen LogP) is 8.82. The van der Waals surface area contributed by atoms with Crippen molar-refractivity contribution in [3.05, 3.63) is 145 Å². The molecule has 3 nitrogen and oxygen atoms in total. The van der Waals surface area contributed by atoms with Crippen LogP contribution in [0.25, 0.3) is 56.2 Å². The van der Waals surface area contributed by atoms with Gasteiger partial charge in [0.15, 0.2) is 5.82 Å². The zero-order valence-corrected chi connectivity index (χ0v) is 20.9. The first-order valence-corrected chi connectivity index (χ1v) is 12.6. The van der Waals surface area contributed by atoms with Gasteiger partial charge < -0.3 is 0 Å². The Morgan fingerprint density at radius 1 is 0.487 bits per heavy atom. The summed E-state index contributed by atoms with van der Waals surface area (Å²) >= 11 is 0. The van der Waals surface area contributed by atoms with Crippen molar-refractivity contribution < 1.29 is 4.39 Å². The van der Waals surface area contributed by atoms with E-state index in [4.69, 9.17) is 9.97 Å². The minimum Gasteiger partial charge on any atom is -0.227 e. The van der Waals surface area contributed by atoms with Crippen LogP contribution < -0.4 is 0 Å². The van der Waals surface area contributed by atoms with Crippen LogP contribution >= 0.6 is 0 Å². The molecule has 0 aliphatic carbocycles. The molecule has 0 saturated carbocycles. The van der Waals surface area contributed by atoms with E-state index in [1.165, 1.54) is 0 Å². The Bertz CT molecular complexity index is 1670. The summed E-state index contributed by atoms with van der Waals surface area (Å²) in [6.45, 7) is 0. The van der Waals surface area contributed by atoms with Gasteiger partial charge in [-0.25, -0.2) is 14.4 Å². The van der Waals surface area contributed by atoms with Gasteiger partial charge >= 0.3 is 0 Å². The third-order valence-corrected chi connectivity index (χ3v) is 6.62. The van der Waals surface area contributed by atoms with Crippen molar-refractivity contribution in [2.75, 3.05) is 0 Å². The molecule has 0 aliphatic rings. The second kappa shape index (κ2) is 10.5. The van der Waals surface area contributed by atoms with E-state index < -0.39 is 0 Å². The highest BCUT2D eigenvalue weighted by atomic mass is 19.1. The second-order valence-corrected chi connectivity index (χ2v) is 9.08. The van der Waals surface area contributed by atoms with Crippen LogP contribution in [0.2, 0.25) is 0 Å². The first-order valence-electron chi connectivity index (χ1n) is 12.6. The highest BCUT2D eigenvalue weighted by molar-refractivity contribution is 5.83. The number of hydrogen-bond acceptors (Lipinski definition) is 3. The van der Waals surface area contributed by atoms with Crippen molar-refractivity contribution in [3.8, 4) is 62.2 Å². The number of nitriles is 1. The first kappa shape index (κ1) is 24.0. The molecular weight excluding hydrogens is 481 g/mol. The summed E-state index contributed by atoms with van der Waals surface area (Å²) in [5.74, 6) is 0.109. The molecular formula is C35H22FN3. The minimum atomic E-state index is -0.309. The van der Waals surface area contributed by atoms with E-state index in [0.29, 0.717) is 39.5 Å². The van der Waals surface area contributed by atoms with Crippen LogP contribution in [-0.4, -0.2) is 9.97 Å². The molecule has 0 amide bonds. The second-order valence-electron chi connectivity index (χ2n) is 9.08. The summed E-state index contributed by atoms with van der Waals surface area (Å²) in [4.78, 5) is 9.83. The van der Waals surface area contributed by atoms with Gasteiger partial charge in [0.1, 0.15) is 17.4 Å². The van der Waals surface area contributed by atoms with E-state index in [2.05, 4.69) is 6.07 Å². The molecule has 0 saturated heterocycles. The molecule has 5 aromatic carbocycles. The number of rotatable bonds is 5. The molecule has 0 radical (unpaired) electrons. The topological polar surface area (TPSA) is 49.6 Å². The van der Waals surface area contributed by atoms with Crippen LogP contribution in [0.15, 0.2) is 133 Å². The molecule has 0 unspecified atom stereocenters. The standard InChI is InChI=1S/C35H22FN3/c36-32-29(24-13-5-1-6-14-24)21-28(22-30(32)25-15-7-2-8-16-25)35-38-33(26-17-9-3-10-18-26)31(23-37)34(39-35)27-19-11-4-12-20-27/h1-22H. The molecule has 0 bridgehead atoms. The summed E-state index contributed by atoms with van der Waals surface area (Å²) in [7, 11) is 0. The van der Waals surface area contributed by atoms with E-state index in [9.17, 15) is 5.26 Å². The van der Waals surface area contributed by atoms with Crippen LogP contribution in [0.4, 0.5) is 4.39 Å². The van der Waals surface area contributed by atoms with Crippen LogP contribution in [0.5, 0.6) is 0 Å². The zero-order chi connectivity index (χ0) is 26.6. The number of nitrogens with zero attached hydrogens (tertiary/aromatic N) is 3. The van der Waals surface area contributed by atoms with Gasteiger partial charge in [-0.2, -0.15) is 5.26 Å². The van der Waals surface area contributed by atoms with Gasteiger partial charge in [-0.05, 0) is 23.3 Å². The van der Waals surface area contributed by atoms with E-state index in [-0.39, 0.29) is 5.82 Å². The Hall–Kier alpha value is -5.40. The van der Waals surface area contributed by atoms with Crippen molar-refractivity contribution in [2.45, 2.75) is 0 Å². The Morgan fingerprint density at radius 3 is 1.21 bits per heavy atom. The first-order chi connectivity index (χ1) is 19.2. The molecule has 6 aromatic rings. The lowest BCUT2D eigenvalue weighted by Crippen LogP contribution is -2.02. The predicted molar refractivity (Wildman–Crippen MR) is 154 cm³/mol. The fraction of sp³-hybridized carbons (Fsp3) is 0. The highest BCUT2D eigenvalue weighted by Gasteiger charge is 2.21. The van der Waals surface area contributed by atoms with Crippen molar-refractivity contribution in [3.63, 3.8) is 0 Å². The Kier molecular flexibility index (Phi) is 6.47. The maximum Gasteiger partial charge on any atom is 0.160 e. The molecule has 39 heavy (non-hydrogen) atoms. The number of halogens is 1. The molecule has 0 atom stereocenters. The lowest BCUT2D eigenvalue weighted by molar-refractivity contribution is 0.635. The largest absolute Gasteiger partial charge is 0.227 e. The normalized spacial score (nSPS) is 10.7. The maximum atomic E-state index is 16.1. The minimum absolute atomic E-state index is 0.309. The molecule has 184 valence electrons. The lowest BCUT2D eigenvalue weighted by Gasteiger charge is -2.15. The monoisotopic (exact) mass is 503 g/mol. The molecule has 0 fully saturated rings. The molecule has 0 N–H and O–H groups in total. The summed E-state index contributed by atoms with van der Waals surface area (Å²) < 4.78 is 16.1. The SMILES string of the molecule is N#Cc1c(-c2ccccc2)nc(-c2cc(-c3ccccc3)c(F)c(-c3ccccc3)c2)nc1-c1ccccc1. The summed E-state index contributed by atoms with van der Waals surface area (Å²) in [5.41, 5.74) is 6.18. The van der Waals surface area contributed by atoms with Gasteiger partial charge in [0, 0.05) is 27.8 Å². The van der Waals surface area contributed by atoms with Crippen LogP contribution in [0, 0.1) is 17.1 Å². The number of aromatic nitrogens is 2. The Balaban J connectivity index is 1.66. The van der Waals surface area contributed by atoms with E-state index in [0.717, 1.165) is 22.3 Å². The van der Waals surface area contributed by atoms with Gasteiger partial charge in [0.05, 0.1) is 11.4 Å². The highest BCUT2D eigenvalue weighted by Crippen LogP contribution is 2.37. The molecule has 1 heterocycles. The number of benzene rings is 5.